The quantitative estimate of drug-likeness (QED) is 0.811. The normalized spacial score (nSPS) is 19.4. The molecule has 0 spiro atoms. The Balaban J connectivity index is 1.96. The van der Waals surface area contributed by atoms with E-state index >= 15 is 0 Å². The molecule has 0 unspecified atom stereocenters. The smallest absolute Gasteiger partial charge is 0.211 e. The van der Waals surface area contributed by atoms with Crippen LogP contribution in [0.15, 0.2) is 23.1 Å². The number of halogens is 1. The molecule has 1 aliphatic rings. The minimum atomic E-state index is 0.458. The zero-order valence-electron chi connectivity index (χ0n) is 10.7. The highest BCUT2D eigenvalue weighted by Crippen LogP contribution is 2.32. The number of hydrogen-bond donors (Lipinski definition) is 0. The average Bonchev–Trinajstić information content (AvgIpc) is 2.80. The molecule has 0 amide bonds. The van der Waals surface area contributed by atoms with Crippen LogP contribution in [-0.4, -0.2) is 27.5 Å². The van der Waals surface area contributed by atoms with Gasteiger partial charge in [0.25, 0.3) is 0 Å². The molecule has 0 saturated carbocycles. The third-order valence-electron chi connectivity index (χ3n) is 3.76. The molecule has 96 valence electrons. The molecule has 0 aliphatic carbocycles. The van der Waals surface area contributed by atoms with Crippen molar-refractivity contribution in [1.82, 2.24) is 14.4 Å². The number of imidazole rings is 1. The molecular formula is C13H17BrN4. The van der Waals surface area contributed by atoms with Gasteiger partial charge in [-0.2, -0.15) is 0 Å². The lowest BCUT2D eigenvalue weighted by molar-refractivity contribution is 0.278. The van der Waals surface area contributed by atoms with Crippen LogP contribution in [0.2, 0.25) is 0 Å². The number of rotatable bonds is 1. The monoisotopic (exact) mass is 308 g/mol. The zero-order chi connectivity index (χ0) is 12.8. The largest absolute Gasteiger partial charge is 0.342 e. The Morgan fingerprint density at radius 2 is 1.94 bits per heavy atom. The molecule has 0 N–H and O–H groups in total. The minimum absolute atomic E-state index is 0.458. The lowest BCUT2D eigenvalue weighted by Gasteiger charge is -2.37. The van der Waals surface area contributed by atoms with Crippen LogP contribution in [0.4, 0.5) is 5.95 Å². The number of hydrogen-bond acceptors (Lipinski definition) is 3. The molecule has 1 saturated heterocycles. The van der Waals surface area contributed by atoms with Crippen molar-refractivity contribution in [2.24, 2.45) is 5.41 Å². The Labute approximate surface area is 115 Å². The fourth-order valence-electron chi connectivity index (χ4n) is 2.42. The fraction of sp³-hybridized carbons (Fsp3) is 0.538. The Bertz CT molecular complexity index is 565. The summed E-state index contributed by atoms with van der Waals surface area (Å²) in [7, 11) is 0. The molecule has 3 rings (SSSR count). The second-order valence-corrected chi connectivity index (χ2v) is 6.53. The second kappa shape index (κ2) is 4.23. The van der Waals surface area contributed by atoms with E-state index in [2.05, 4.69) is 49.0 Å². The van der Waals surface area contributed by atoms with Gasteiger partial charge in [0.05, 0.1) is 4.47 Å². The van der Waals surface area contributed by atoms with Crippen molar-refractivity contribution >= 4 is 27.5 Å². The van der Waals surface area contributed by atoms with Crippen molar-refractivity contribution in [3.8, 4) is 0 Å². The van der Waals surface area contributed by atoms with E-state index in [0.717, 1.165) is 29.2 Å². The first kappa shape index (κ1) is 12.0. The van der Waals surface area contributed by atoms with E-state index in [1.165, 1.54) is 12.8 Å². The van der Waals surface area contributed by atoms with Gasteiger partial charge in [0.2, 0.25) is 5.95 Å². The van der Waals surface area contributed by atoms with E-state index in [-0.39, 0.29) is 0 Å². The van der Waals surface area contributed by atoms with Crippen molar-refractivity contribution in [2.45, 2.75) is 26.7 Å². The summed E-state index contributed by atoms with van der Waals surface area (Å²) in [6, 6.07) is 0. The lowest BCUT2D eigenvalue weighted by atomic mass is 9.83. The topological polar surface area (TPSA) is 33.4 Å². The van der Waals surface area contributed by atoms with Crippen LogP contribution in [-0.2, 0) is 0 Å². The third-order valence-corrected chi connectivity index (χ3v) is 4.32. The average molecular weight is 309 g/mol. The number of nitrogens with zero attached hydrogens (tertiary/aromatic N) is 4. The van der Waals surface area contributed by atoms with Gasteiger partial charge >= 0.3 is 0 Å². The number of piperidine rings is 1. The Morgan fingerprint density at radius 3 is 2.67 bits per heavy atom. The van der Waals surface area contributed by atoms with E-state index in [9.17, 15) is 0 Å². The summed E-state index contributed by atoms with van der Waals surface area (Å²) in [5.74, 6) is 1.00. The predicted octanol–water partition coefficient (Wildman–Crippen LogP) is 3.12. The van der Waals surface area contributed by atoms with Crippen LogP contribution in [0.5, 0.6) is 0 Å². The first-order chi connectivity index (χ1) is 8.57. The van der Waals surface area contributed by atoms with E-state index in [0.29, 0.717) is 5.41 Å². The summed E-state index contributed by atoms with van der Waals surface area (Å²) < 4.78 is 3.00. The van der Waals surface area contributed by atoms with Crippen LogP contribution < -0.4 is 4.90 Å². The maximum atomic E-state index is 4.55. The molecule has 1 fully saturated rings. The second-order valence-electron chi connectivity index (χ2n) is 5.68. The van der Waals surface area contributed by atoms with Crippen molar-refractivity contribution in [2.75, 3.05) is 18.0 Å². The Morgan fingerprint density at radius 1 is 1.22 bits per heavy atom. The van der Waals surface area contributed by atoms with Crippen molar-refractivity contribution in [3.05, 3.63) is 23.1 Å². The fourth-order valence-corrected chi connectivity index (χ4v) is 2.82. The van der Waals surface area contributed by atoms with Crippen molar-refractivity contribution < 1.29 is 0 Å². The summed E-state index contributed by atoms with van der Waals surface area (Å²) in [6.07, 6.45) is 8.06. The molecule has 1 aliphatic heterocycles. The van der Waals surface area contributed by atoms with Crippen LogP contribution in [0, 0.1) is 5.41 Å². The third kappa shape index (κ3) is 2.00. The highest BCUT2D eigenvalue weighted by molar-refractivity contribution is 9.10. The van der Waals surface area contributed by atoms with Gasteiger partial charge in [-0.15, -0.1) is 0 Å². The highest BCUT2D eigenvalue weighted by atomic mass is 79.9. The molecular weight excluding hydrogens is 292 g/mol. The van der Waals surface area contributed by atoms with Crippen LogP contribution in [0.25, 0.3) is 5.65 Å². The summed E-state index contributed by atoms with van der Waals surface area (Å²) in [6.45, 7) is 6.81. The van der Waals surface area contributed by atoms with Gasteiger partial charge in [0.15, 0.2) is 5.65 Å². The molecule has 2 aromatic heterocycles. The maximum absolute atomic E-state index is 4.55. The van der Waals surface area contributed by atoms with Gasteiger partial charge in [-0.3, -0.25) is 4.40 Å². The van der Waals surface area contributed by atoms with Gasteiger partial charge in [-0.05, 0) is 34.2 Å². The van der Waals surface area contributed by atoms with Crippen molar-refractivity contribution in [3.63, 3.8) is 0 Å². The van der Waals surface area contributed by atoms with Gasteiger partial charge in [-0.25, -0.2) is 9.97 Å². The molecule has 2 aromatic rings. The maximum Gasteiger partial charge on any atom is 0.211 e. The van der Waals surface area contributed by atoms with E-state index in [1.54, 1.807) is 0 Å². The van der Waals surface area contributed by atoms with Gasteiger partial charge < -0.3 is 4.90 Å². The van der Waals surface area contributed by atoms with E-state index < -0.39 is 0 Å². The lowest BCUT2D eigenvalue weighted by Crippen LogP contribution is -2.38. The highest BCUT2D eigenvalue weighted by Gasteiger charge is 2.27. The first-order valence-corrected chi connectivity index (χ1v) is 7.09. The van der Waals surface area contributed by atoms with Crippen LogP contribution >= 0.6 is 15.9 Å². The molecule has 0 radical (unpaired) electrons. The molecule has 3 heterocycles. The van der Waals surface area contributed by atoms with E-state index in [4.69, 9.17) is 0 Å². The van der Waals surface area contributed by atoms with E-state index in [1.807, 2.05) is 18.6 Å². The molecule has 0 atom stereocenters. The van der Waals surface area contributed by atoms with Gasteiger partial charge in [0, 0.05) is 31.7 Å². The number of fused-ring (bicyclic) bond motifs is 1. The van der Waals surface area contributed by atoms with Crippen LogP contribution in [0.1, 0.15) is 26.7 Å². The Kier molecular flexibility index (Phi) is 2.81. The molecule has 0 bridgehead atoms. The number of anilines is 1. The molecule has 0 aromatic carbocycles. The molecule has 5 heteroatoms. The summed E-state index contributed by atoms with van der Waals surface area (Å²) in [4.78, 5) is 11.3. The van der Waals surface area contributed by atoms with Gasteiger partial charge in [-0.1, -0.05) is 13.8 Å². The van der Waals surface area contributed by atoms with Crippen LogP contribution in [0.3, 0.4) is 0 Å². The van der Waals surface area contributed by atoms with Crippen molar-refractivity contribution in [1.29, 1.82) is 0 Å². The minimum Gasteiger partial charge on any atom is -0.342 e. The summed E-state index contributed by atoms with van der Waals surface area (Å²) in [5, 5.41) is 0. The molecule has 18 heavy (non-hydrogen) atoms. The molecule has 4 nitrogen and oxygen atoms in total. The zero-order valence-corrected chi connectivity index (χ0v) is 12.3. The number of aromatic nitrogens is 3. The van der Waals surface area contributed by atoms with Gasteiger partial charge in [0.1, 0.15) is 0 Å². The first-order valence-electron chi connectivity index (χ1n) is 6.29. The SMILES string of the molecule is CC1(C)CCN(c2ncc(Br)c3nccn23)CC1. The summed E-state index contributed by atoms with van der Waals surface area (Å²) >= 11 is 3.49. The summed E-state index contributed by atoms with van der Waals surface area (Å²) in [5.41, 5.74) is 1.39. The predicted molar refractivity (Wildman–Crippen MR) is 75.9 cm³/mol. The standard InChI is InChI=1S/C13H17BrN4/c1-13(2)3-6-17(7-4-13)12-16-9-10(14)11-15-5-8-18(11)12/h5,8-9H,3-4,6-7H2,1-2H3. The Hall–Kier alpha value is -1.10.